The van der Waals surface area contributed by atoms with Crippen LogP contribution in [0.3, 0.4) is 0 Å². The summed E-state index contributed by atoms with van der Waals surface area (Å²) in [5, 5.41) is 11.2. The zero-order valence-electron chi connectivity index (χ0n) is 15.8. The van der Waals surface area contributed by atoms with E-state index in [4.69, 9.17) is 31.0 Å². The van der Waals surface area contributed by atoms with E-state index in [0.717, 1.165) is 42.3 Å². The van der Waals surface area contributed by atoms with E-state index in [0.29, 0.717) is 18.4 Å². The number of fused-ring (bicyclic) bond motifs is 1. The molecule has 0 aliphatic carbocycles. The van der Waals surface area contributed by atoms with Crippen LogP contribution in [-0.4, -0.2) is 41.9 Å². The lowest BCUT2D eigenvalue weighted by atomic mass is 9.90. The molecule has 10 heteroatoms. The maximum Gasteiger partial charge on any atom is 0.490 e. The molecular weight excluding hydrogens is 425 g/mol. The lowest BCUT2D eigenvalue weighted by molar-refractivity contribution is -0.192. The summed E-state index contributed by atoms with van der Waals surface area (Å²) < 4.78 is 43.9. The molecule has 6 nitrogen and oxygen atoms in total. The van der Waals surface area contributed by atoms with Crippen molar-refractivity contribution in [2.24, 2.45) is 0 Å². The molecule has 2 N–H and O–H groups in total. The zero-order chi connectivity index (χ0) is 21.7. The van der Waals surface area contributed by atoms with Crippen LogP contribution in [0.1, 0.15) is 36.0 Å². The molecule has 4 rings (SSSR count). The van der Waals surface area contributed by atoms with Gasteiger partial charge in [0.15, 0.2) is 11.9 Å². The second-order valence-electron chi connectivity index (χ2n) is 6.83. The van der Waals surface area contributed by atoms with Crippen LogP contribution >= 0.6 is 11.6 Å². The van der Waals surface area contributed by atoms with Crippen molar-refractivity contribution in [3.63, 3.8) is 0 Å². The van der Waals surface area contributed by atoms with Gasteiger partial charge in [-0.05, 0) is 55.6 Å². The molecular formula is C20H20ClF3N2O4. The summed E-state index contributed by atoms with van der Waals surface area (Å²) in [7, 11) is 0. The van der Waals surface area contributed by atoms with Gasteiger partial charge in [-0.3, -0.25) is 0 Å². The molecule has 0 saturated carbocycles. The number of nitrogens with one attached hydrogen (secondary N) is 1. The van der Waals surface area contributed by atoms with Crippen molar-refractivity contribution in [2.45, 2.75) is 31.0 Å². The molecule has 30 heavy (non-hydrogen) atoms. The SMILES string of the molecule is Clc1ccc([C@@H]2COc3c(C4CCNCC4)ccnc3O2)cc1.O=C(O)C(F)(F)F. The average molecular weight is 445 g/mol. The molecule has 0 spiro atoms. The highest BCUT2D eigenvalue weighted by atomic mass is 35.5. The third-order valence-electron chi connectivity index (χ3n) is 4.80. The summed E-state index contributed by atoms with van der Waals surface area (Å²) in [6.07, 6.45) is -1.15. The summed E-state index contributed by atoms with van der Waals surface area (Å²) >= 11 is 5.95. The Balaban J connectivity index is 0.000000318. The third kappa shape index (κ3) is 5.54. The van der Waals surface area contributed by atoms with Crippen molar-refractivity contribution in [1.29, 1.82) is 0 Å². The van der Waals surface area contributed by atoms with Gasteiger partial charge in [-0.25, -0.2) is 9.78 Å². The molecule has 1 aromatic carbocycles. The lowest BCUT2D eigenvalue weighted by Gasteiger charge is -2.30. The van der Waals surface area contributed by atoms with E-state index in [1.54, 1.807) is 0 Å². The fourth-order valence-corrected chi connectivity index (χ4v) is 3.42. The smallest absolute Gasteiger partial charge is 0.483 e. The Morgan fingerprint density at radius 3 is 2.40 bits per heavy atom. The van der Waals surface area contributed by atoms with Crippen molar-refractivity contribution in [3.05, 3.63) is 52.7 Å². The van der Waals surface area contributed by atoms with Crippen LogP contribution in [0.4, 0.5) is 13.2 Å². The number of piperidine rings is 1. The standard InChI is InChI=1S/C18H19ClN2O2.C2HF3O2/c19-14-3-1-13(2-4-14)16-11-22-17-15(7-10-21-18(17)23-16)12-5-8-20-9-6-12;3-2(4,5)1(6)7/h1-4,7,10,12,16,20H,5-6,8-9,11H2;(H,6,7)/t16-;/m0./s1. The maximum atomic E-state index is 10.6. The van der Waals surface area contributed by atoms with Crippen LogP contribution in [0.25, 0.3) is 0 Å². The number of benzene rings is 1. The van der Waals surface area contributed by atoms with Gasteiger partial charge in [0.2, 0.25) is 0 Å². The number of pyridine rings is 1. The number of rotatable bonds is 2. The fraction of sp³-hybridized carbons (Fsp3) is 0.400. The Morgan fingerprint density at radius 2 is 1.80 bits per heavy atom. The molecule has 3 heterocycles. The number of aromatic nitrogens is 1. The molecule has 0 unspecified atom stereocenters. The number of hydrogen-bond donors (Lipinski definition) is 2. The highest BCUT2D eigenvalue weighted by molar-refractivity contribution is 6.30. The number of carboxylic acid groups (broad SMARTS) is 1. The first kappa shape index (κ1) is 22.2. The van der Waals surface area contributed by atoms with Gasteiger partial charge in [0.05, 0.1) is 0 Å². The lowest BCUT2D eigenvalue weighted by Crippen LogP contribution is -2.28. The van der Waals surface area contributed by atoms with Crippen molar-refractivity contribution in [1.82, 2.24) is 10.3 Å². The summed E-state index contributed by atoms with van der Waals surface area (Å²) in [6.45, 7) is 2.60. The minimum Gasteiger partial charge on any atom is -0.483 e. The molecule has 162 valence electrons. The first-order valence-corrected chi connectivity index (χ1v) is 9.68. The van der Waals surface area contributed by atoms with Gasteiger partial charge in [-0.15, -0.1) is 0 Å². The largest absolute Gasteiger partial charge is 0.490 e. The minimum absolute atomic E-state index is 0.143. The van der Waals surface area contributed by atoms with E-state index in [1.165, 1.54) is 5.56 Å². The number of ether oxygens (including phenoxy) is 2. The predicted molar refractivity (Wildman–Crippen MR) is 103 cm³/mol. The summed E-state index contributed by atoms with van der Waals surface area (Å²) in [4.78, 5) is 13.3. The molecule has 0 radical (unpaired) electrons. The molecule has 1 aromatic heterocycles. The van der Waals surface area contributed by atoms with Crippen LogP contribution in [0.2, 0.25) is 5.02 Å². The Hall–Kier alpha value is -2.52. The van der Waals surface area contributed by atoms with Crippen molar-refractivity contribution in [3.8, 4) is 11.6 Å². The number of hydrogen-bond acceptors (Lipinski definition) is 5. The molecule has 1 saturated heterocycles. The highest BCUT2D eigenvalue weighted by Gasteiger charge is 2.38. The maximum absolute atomic E-state index is 10.6. The van der Waals surface area contributed by atoms with Crippen LogP contribution in [0.5, 0.6) is 11.6 Å². The van der Waals surface area contributed by atoms with E-state index >= 15 is 0 Å². The normalized spacial score (nSPS) is 18.9. The number of halogens is 4. The predicted octanol–water partition coefficient (Wildman–Crippen LogP) is 4.35. The van der Waals surface area contributed by atoms with Crippen LogP contribution in [0, 0.1) is 0 Å². The summed E-state index contributed by atoms with van der Waals surface area (Å²) in [5.41, 5.74) is 2.28. The molecule has 1 atom stereocenters. The summed E-state index contributed by atoms with van der Waals surface area (Å²) in [6, 6.07) is 9.75. The number of aliphatic carboxylic acids is 1. The van der Waals surface area contributed by atoms with Crippen LogP contribution in [-0.2, 0) is 4.79 Å². The molecule has 1 fully saturated rings. The first-order valence-electron chi connectivity index (χ1n) is 9.30. The van der Waals surface area contributed by atoms with Gasteiger partial charge >= 0.3 is 12.1 Å². The Bertz CT molecular complexity index is 871. The van der Waals surface area contributed by atoms with Crippen LogP contribution < -0.4 is 14.8 Å². The number of nitrogens with zero attached hydrogens (tertiary/aromatic N) is 1. The van der Waals surface area contributed by atoms with Gasteiger partial charge in [0.25, 0.3) is 5.88 Å². The number of alkyl halides is 3. The Morgan fingerprint density at radius 1 is 1.17 bits per heavy atom. The first-order chi connectivity index (χ1) is 14.3. The van der Waals surface area contributed by atoms with E-state index in [9.17, 15) is 13.2 Å². The van der Waals surface area contributed by atoms with Gasteiger partial charge in [0, 0.05) is 16.8 Å². The van der Waals surface area contributed by atoms with Gasteiger partial charge < -0.3 is 19.9 Å². The van der Waals surface area contributed by atoms with Crippen molar-refractivity contribution < 1.29 is 32.5 Å². The molecule has 2 aliphatic heterocycles. The van der Waals surface area contributed by atoms with Gasteiger partial charge in [0.1, 0.15) is 6.61 Å². The molecule has 2 aliphatic rings. The van der Waals surface area contributed by atoms with Crippen molar-refractivity contribution in [2.75, 3.05) is 19.7 Å². The van der Waals surface area contributed by atoms with E-state index in [2.05, 4.69) is 16.4 Å². The number of carbonyl (C=O) groups is 1. The quantitative estimate of drug-likeness (QED) is 0.717. The van der Waals surface area contributed by atoms with Gasteiger partial charge in [-0.2, -0.15) is 13.2 Å². The highest BCUT2D eigenvalue weighted by Crippen LogP contribution is 2.42. The van der Waals surface area contributed by atoms with E-state index in [-0.39, 0.29) is 6.10 Å². The molecule has 0 bridgehead atoms. The average Bonchev–Trinajstić information content (AvgIpc) is 2.74. The minimum atomic E-state index is -5.08. The second-order valence-corrected chi connectivity index (χ2v) is 7.27. The second kappa shape index (κ2) is 9.53. The zero-order valence-corrected chi connectivity index (χ0v) is 16.5. The van der Waals surface area contributed by atoms with Crippen molar-refractivity contribution >= 4 is 17.6 Å². The monoisotopic (exact) mass is 444 g/mol. The van der Waals surface area contributed by atoms with Gasteiger partial charge in [-0.1, -0.05) is 23.7 Å². The fourth-order valence-electron chi connectivity index (χ4n) is 3.30. The number of carboxylic acids is 1. The Labute approximate surface area is 176 Å². The van der Waals surface area contributed by atoms with E-state index in [1.807, 2.05) is 30.5 Å². The summed E-state index contributed by atoms with van der Waals surface area (Å²) in [5.74, 6) is -0.812. The van der Waals surface area contributed by atoms with Crippen LogP contribution in [0.15, 0.2) is 36.5 Å². The third-order valence-corrected chi connectivity index (χ3v) is 5.05. The molecule has 0 amide bonds. The Kier molecular flexibility index (Phi) is 7.04. The molecule has 2 aromatic rings. The van der Waals surface area contributed by atoms with E-state index < -0.39 is 12.1 Å². The topological polar surface area (TPSA) is 80.7 Å².